The molecule has 256 valence electrons. The Labute approximate surface area is 273 Å². The minimum Gasteiger partial charge on any atom is -0.454 e. The summed E-state index contributed by atoms with van der Waals surface area (Å²) in [6.45, 7) is 6.33. The topological polar surface area (TPSA) is 160 Å². The van der Waals surface area contributed by atoms with Gasteiger partial charge < -0.3 is 14.6 Å². The fourth-order valence-corrected chi connectivity index (χ4v) is 9.14. The van der Waals surface area contributed by atoms with Crippen molar-refractivity contribution in [2.45, 2.75) is 96.6 Å². The molecule has 0 aliphatic heterocycles. The van der Waals surface area contributed by atoms with Crippen LogP contribution in [0.2, 0.25) is 0 Å². The second-order valence-electron chi connectivity index (χ2n) is 13.9. The van der Waals surface area contributed by atoms with Gasteiger partial charge in [0.2, 0.25) is 5.78 Å². The van der Waals surface area contributed by atoms with Gasteiger partial charge in [0, 0.05) is 29.1 Å². The minimum atomic E-state index is -2.13. The van der Waals surface area contributed by atoms with Crippen LogP contribution in [0.4, 0.5) is 4.39 Å². The molecule has 0 spiro atoms. The van der Waals surface area contributed by atoms with Crippen molar-refractivity contribution in [3.63, 3.8) is 0 Å². The van der Waals surface area contributed by atoms with Gasteiger partial charge in [-0.05, 0) is 74.8 Å². The molecule has 0 heterocycles. The van der Waals surface area contributed by atoms with E-state index < -0.39 is 75.7 Å². The van der Waals surface area contributed by atoms with Crippen molar-refractivity contribution >= 4 is 23.5 Å². The number of benzene rings is 1. The number of ketones is 2. The van der Waals surface area contributed by atoms with Crippen LogP contribution in [0.15, 0.2) is 48.1 Å². The van der Waals surface area contributed by atoms with Crippen LogP contribution in [-0.2, 0) is 35.3 Å². The molecule has 11 nitrogen and oxygen atoms in total. The molecular formula is C35H44FNO10. The van der Waals surface area contributed by atoms with E-state index >= 15 is 4.39 Å². The molecule has 47 heavy (non-hydrogen) atoms. The summed E-state index contributed by atoms with van der Waals surface area (Å²) in [6, 6.07) is 5.88. The predicted octanol–water partition coefficient (Wildman–Crippen LogP) is 5.01. The van der Waals surface area contributed by atoms with Gasteiger partial charge in [-0.2, -0.15) is 0 Å². The Morgan fingerprint density at radius 1 is 1.11 bits per heavy atom. The van der Waals surface area contributed by atoms with E-state index in [1.807, 2.05) is 6.92 Å². The molecule has 4 aliphatic carbocycles. The summed E-state index contributed by atoms with van der Waals surface area (Å²) in [4.78, 5) is 57.5. The van der Waals surface area contributed by atoms with E-state index in [-0.39, 0.29) is 30.8 Å². The normalized spacial score (nSPS) is 35.9. The van der Waals surface area contributed by atoms with E-state index in [2.05, 4.69) is 4.84 Å². The van der Waals surface area contributed by atoms with Gasteiger partial charge in [0.15, 0.2) is 23.7 Å². The lowest BCUT2D eigenvalue weighted by molar-refractivity contribution is -0.497. The number of nitrogens with zero attached hydrogens (tertiary/aromatic N) is 1. The lowest BCUT2D eigenvalue weighted by Crippen LogP contribution is -2.70. The average molecular weight is 658 g/mol. The van der Waals surface area contributed by atoms with Crippen LogP contribution in [0, 0.1) is 28.6 Å². The molecule has 3 saturated carbocycles. The molecule has 0 saturated heterocycles. The summed E-state index contributed by atoms with van der Waals surface area (Å²) in [5, 5.41) is 28.8. The molecule has 4 aliphatic rings. The number of alkyl halides is 1. The Balaban J connectivity index is 1.45. The van der Waals surface area contributed by atoms with Crippen LogP contribution in [-0.4, -0.2) is 68.4 Å². The standard InChI is InChI=1S/C35H44FNO10/c1-5-6-7-30(41)47-35(29(40)20-45-31(42)23-10-8-22(9-11-23)19-46-37(43)44)21(2)16-27-26-13-12-24-17-25(38)14-15-32(24,3)34(26,36)28(39)18-33(27,35)4/h8-11,14-15,17,21,26-28,39,43-44H,5-7,12-13,16,18-20H2,1-4H3/t21-,26?,27-,28-,32-,33-,34-,35-/m0/s1. The van der Waals surface area contributed by atoms with Crippen LogP contribution in [0.3, 0.4) is 0 Å². The first-order valence-corrected chi connectivity index (χ1v) is 16.3. The predicted molar refractivity (Wildman–Crippen MR) is 163 cm³/mol. The molecule has 0 bridgehead atoms. The first kappa shape index (κ1) is 35.0. The van der Waals surface area contributed by atoms with Gasteiger partial charge in [0.1, 0.15) is 0 Å². The highest BCUT2D eigenvalue weighted by atomic mass is 19.1. The third-order valence-corrected chi connectivity index (χ3v) is 11.5. The number of hydrogen-bond donors (Lipinski definition) is 3. The van der Waals surface area contributed by atoms with Crippen LogP contribution >= 0.6 is 0 Å². The summed E-state index contributed by atoms with van der Waals surface area (Å²) >= 11 is 0. The number of aliphatic hydroxyl groups excluding tert-OH is 1. The second-order valence-corrected chi connectivity index (χ2v) is 13.9. The van der Waals surface area contributed by atoms with Crippen LogP contribution in [0.1, 0.15) is 88.6 Å². The number of aliphatic hydroxyl groups is 1. The number of Topliss-reactive ketones (excluding diaryl/α,β-unsaturated/α-hetero) is 1. The van der Waals surface area contributed by atoms with Crippen molar-refractivity contribution < 1.29 is 53.4 Å². The number of rotatable bonds is 11. The SMILES string of the molecule is CCCCC(=O)O[C@]1(C(=O)COC(=O)c2ccc(CON(O)O)cc2)[C@@H](C)C[C@H]2C3CCC4=CC(=O)C=C[C@]4(C)[C@@]3(F)[C@@H](O)C[C@@]21C. The molecule has 1 unspecified atom stereocenters. The zero-order valence-electron chi connectivity index (χ0n) is 27.2. The lowest BCUT2D eigenvalue weighted by atomic mass is 9.44. The number of allylic oxidation sites excluding steroid dienone is 4. The zero-order valence-corrected chi connectivity index (χ0v) is 27.2. The van der Waals surface area contributed by atoms with E-state index in [1.165, 1.54) is 36.4 Å². The Hall–Kier alpha value is -3.29. The number of halogens is 1. The maximum atomic E-state index is 17.7. The second kappa shape index (κ2) is 13.0. The van der Waals surface area contributed by atoms with Crippen molar-refractivity contribution in [3.8, 4) is 0 Å². The van der Waals surface area contributed by atoms with E-state index in [0.717, 1.165) is 6.42 Å². The van der Waals surface area contributed by atoms with Gasteiger partial charge in [-0.15, -0.1) is 0 Å². The quantitative estimate of drug-likeness (QED) is 0.217. The Kier molecular flexibility index (Phi) is 9.66. The molecule has 3 N–H and O–H groups in total. The highest BCUT2D eigenvalue weighted by Crippen LogP contribution is 2.71. The van der Waals surface area contributed by atoms with Crippen LogP contribution in [0.25, 0.3) is 0 Å². The highest BCUT2D eigenvalue weighted by Gasteiger charge is 2.77. The van der Waals surface area contributed by atoms with Gasteiger partial charge >= 0.3 is 11.9 Å². The number of unbranched alkanes of at least 4 members (excludes halogenated alkanes) is 1. The number of carbonyl (C=O) groups is 4. The molecule has 5 rings (SSSR count). The summed E-state index contributed by atoms with van der Waals surface area (Å²) in [7, 11) is 0. The summed E-state index contributed by atoms with van der Waals surface area (Å²) in [5.74, 6) is -3.96. The molecule has 0 amide bonds. The fourth-order valence-electron chi connectivity index (χ4n) is 9.14. The van der Waals surface area contributed by atoms with Crippen molar-refractivity contribution in [2.75, 3.05) is 6.61 Å². The number of esters is 2. The number of carbonyl (C=O) groups excluding carboxylic acids is 4. The summed E-state index contributed by atoms with van der Waals surface area (Å²) < 4.78 is 29.4. The maximum Gasteiger partial charge on any atom is 0.338 e. The highest BCUT2D eigenvalue weighted by molar-refractivity contribution is 6.01. The van der Waals surface area contributed by atoms with E-state index in [1.54, 1.807) is 26.8 Å². The molecule has 8 atom stereocenters. The van der Waals surface area contributed by atoms with Gasteiger partial charge in [0.25, 0.3) is 0 Å². The maximum absolute atomic E-state index is 17.7. The molecule has 0 aromatic heterocycles. The third-order valence-electron chi connectivity index (χ3n) is 11.5. The first-order valence-electron chi connectivity index (χ1n) is 16.3. The first-order chi connectivity index (χ1) is 22.1. The molecular weight excluding hydrogens is 613 g/mol. The van der Waals surface area contributed by atoms with E-state index in [0.29, 0.717) is 36.8 Å². The molecule has 3 fully saturated rings. The monoisotopic (exact) mass is 657 g/mol. The molecule has 0 radical (unpaired) electrons. The fraction of sp³-hybridized carbons (Fsp3) is 0.600. The van der Waals surface area contributed by atoms with Crippen molar-refractivity contribution in [2.24, 2.45) is 28.6 Å². The number of ether oxygens (including phenoxy) is 2. The Bertz CT molecular complexity index is 1470. The van der Waals surface area contributed by atoms with Crippen molar-refractivity contribution in [3.05, 3.63) is 59.2 Å². The third kappa shape index (κ3) is 5.67. The molecule has 1 aromatic rings. The Morgan fingerprint density at radius 2 is 1.81 bits per heavy atom. The number of fused-ring (bicyclic) bond motifs is 5. The molecule has 12 heteroatoms. The average Bonchev–Trinajstić information content (AvgIpc) is 3.24. The smallest absolute Gasteiger partial charge is 0.338 e. The zero-order chi connectivity index (χ0) is 34.4. The summed E-state index contributed by atoms with van der Waals surface area (Å²) in [5.41, 5.74) is -5.02. The van der Waals surface area contributed by atoms with Gasteiger partial charge in [-0.3, -0.25) is 24.8 Å². The lowest BCUT2D eigenvalue weighted by Gasteiger charge is -2.62. The van der Waals surface area contributed by atoms with Crippen LogP contribution < -0.4 is 0 Å². The van der Waals surface area contributed by atoms with E-state index in [4.69, 9.17) is 19.9 Å². The number of hydrogen-bond acceptors (Lipinski definition) is 11. The van der Waals surface area contributed by atoms with Gasteiger partial charge in [-0.1, -0.05) is 51.0 Å². The van der Waals surface area contributed by atoms with Crippen molar-refractivity contribution in [1.82, 2.24) is 5.39 Å². The van der Waals surface area contributed by atoms with E-state index in [9.17, 15) is 24.3 Å². The minimum absolute atomic E-state index is 0.0727. The van der Waals surface area contributed by atoms with Gasteiger partial charge in [-0.25, -0.2) is 14.0 Å². The summed E-state index contributed by atoms with van der Waals surface area (Å²) in [6.07, 6.45) is 5.15. The molecule has 1 aromatic carbocycles. The van der Waals surface area contributed by atoms with Gasteiger partial charge in [0.05, 0.1) is 23.7 Å². The van der Waals surface area contributed by atoms with Crippen molar-refractivity contribution in [1.29, 1.82) is 0 Å². The van der Waals surface area contributed by atoms with Crippen LogP contribution in [0.5, 0.6) is 0 Å². The largest absolute Gasteiger partial charge is 0.454 e. The Morgan fingerprint density at radius 3 is 2.47 bits per heavy atom.